The lowest BCUT2D eigenvalue weighted by molar-refractivity contribution is -0.143. The number of aromatic nitrogens is 2. The van der Waals surface area contributed by atoms with Crippen LogP contribution in [0.15, 0.2) is 22.8 Å². The molecule has 8 heteroatoms. The second-order valence-electron chi connectivity index (χ2n) is 4.36. The molecule has 2 aromatic rings. The number of esters is 1. The van der Waals surface area contributed by atoms with Crippen LogP contribution in [0.3, 0.4) is 0 Å². The van der Waals surface area contributed by atoms with Gasteiger partial charge in [-0.25, -0.2) is 9.97 Å². The number of thioether (sulfide) groups is 1. The van der Waals surface area contributed by atoms with Gasteiger partial charge in [-0.1, -0.05) is 11.8 Å². The van der Waals surface area contributed by atoms with Crippen LogP contribution in [0.25, 0.3) is 10.2 Å². The zero-order valence-corrected chi connectivity index (χ0v) is 13.8. The number of nitrogens with zero attached hydrogens (tertiary/aromatic N) is 2. The molecule has 1 N–H and O–H groups in total. The Labute approximate surface area is 136 Å². The Morgan fingerprint density at radius 1 is 1.41 bits per heavy atom. The first-order valence-corrected chi connectivity index (χ1v) is 8.80. The molecule has 0 aliphatic rings. The largest absolute Gasteiger partial charge is 0.466 e. The molecule has 0 aromatic carbocycles. The molecule has 2 rings (SSSR count). The summed E-state index contributed by atoms with van der Waals surface area (Å²) in [7, 11) is 0. The van der Waals surface area contributed by atoms with E-state index in [1.807, 2.05) is 11.4 Å². The molecule has 1 amide bonds. The second kappa shape index (κ2) is 8.70. The van der Waals surface area contributed by atoms with Crippen LogP contribution in [0.1, 0.15) is 19.8 Å². The molecule has 0 aliphatic heterocycles. The van der Waals surface area contributed by atoms with Crippen LogP contribution in [0.5, 0.6) is 0 Å². The van der Waals surface area contributed by atoms with Gasteiger partial charge in [0.15, 0.2) is 0 Å². The molecule has 0 saturated heterocycles. The van der Waals surface area contributed by atoms with E-state index in [1.165, 1.54) is 18.1 Å². The molecule has 0 atom stereocenters. The first kappa shape index (κ1) is 16.7. The fraction of sp³-hybridized carbons (Fsp3) is 0.429. The van der Waals surface area contributed by atoms with Gasteiger partial charge in [0.2, 0.25) is 5.91 Å². The third kappa shape index (κ3) is 4.96. The van der Waals surface area contributed by atoms with Crippen LogP contribution in [0.2, 0.25) is 0 Å². The maximum absolute atomic E-state index is 11.8. The number of thiophene rings is 1. The van der Waals surface area contributed by atoms with Crippen LogP contribution >= 0.6 is 23.1 Å². The van der Waals surface area contributed by atoms with E-state index in [2.05, 4.69) is 15.3 Å². The van der Waals surface area contributed by atoms with Gasteiger partial charge >= 0.3 is 5.97 Å². The highest BCUT2D eigenvalue weighted by Crippen LogP contribution is 2.28. The van der Waals surface area contributed by atoms with E-state index < -0.39 is 0 Å². The third-order valence-electron chi connectivity index (χ3n) is 2.74. The zero-order chi connectivity index (χ0) is 15.8. The molecule has 118 valence electrons. The summed E-state index contributed by atoms with van der Waals surface area (Å²) in [5, 5.41) is 5.56. The Hall–Kier alpha value is -1.67. The Balaban J connectivity index is 1.70. The zero-order valence-electron chi connectivity index (χ0n) is 12.2. The molecule has 0 unspecified atom stereocenters. The number of amides is 1. The quantitative estimate of drug-likeness (QED) is 0.344. The molecule has 6 nitrogen and oxygen atoms in total. The van der Waals surface area contributed by atoms with Gasteiger partial charge in [0.05, 0.1) is 22.6 Å². The minimum absolute atomic E-state index is 0.0721. The Kier molecular flexibility index (Phi) is 6.60. The summed E-state index contributed by atoms with van der Waals surface area (Å²) >= 11 is 2.96. The van der Waals surface area contributed by atoms with Gasteiger partial charge < -0.3 is 10.1 Å². The molecular weight excluding hydrogens is 322 g/mol. The summed E-state index contributed by atoms with van der Waals surface area (Å²) in [4.78, 5) is 31.3. The van der Waals surface area contributed by atoms with E-state index in [4.69, 9.17) is 4.74 Å². The Morgan fingerprint density at radius 2 is 2.27 bits per heavy atom. The summed E-state index contributed by atoms with van der Waals surface area (Å²) in [6.45, 7) is 2.63. The van der Waals surface area contributed by atoms with Crippen LogP contribution < -0.4 is 5.32 Å². The van der Waals surface area contributed by atoms with E-state index in [0.717, 1.165) is 15.2 Å². The molecule has 0 spiro atoms. The molecule has 0 bridgehead atoms. The van der Waals surface area contributed by atoms with E-state index in [0.29, 0.717) is 31.7 Å². The number of nitrogens with one attached hydrogen (secondary N) is 1. The number of carbonyl (C=O) groups is 2. The van der Waals surface area contributed by atoms with Crippen LogP contribution in [-0.2, 0) is 14.3 Å². The summed E-state index contributed by atoms with van der Waals surface area (Å²) in [5.41, 5.74) is 0.900. The van der Waals surface area contributed by atoms with Crippen molar-refractivity contribution in [1.29, 1.82) is 0 Å². The number of hydrogen-bond donors (Lipinski definition) is 1. The van der Waals surface area contributed by atoms with Crippen molar-refractivity contribution in [2.75, 3.05) is 18.9 Å². The number of rotatable bonds is 8. The lowest BCUT2D eigenvalue weighted by Gasteiger charge is -2.05. The molecule has 2 aromatic heterocycles. The van der Waals surface area contributed by atoms with Gasteiger partial charge in [0.1, 0.15) is 11.4 Å². The molecule has 0 saturated carbocycles. The maximum atomic E-state index is 11.8. The van der Waals surface area contributed by atoms with Gasteiger partial charge in [0, 0.05) is 13.0 Å². The highest BCUT2D eigenvalue weighted by molar-refractivity contribution is 8.00. The SMILES string of the molecule is CCOC(=O)CCCNC(=O)CSc1ncnc2ccsc12. The van der Waals surface area contributed by atoms with E-state index >= 15 is 0 Å². The average molecular weight is 339 g/mol. The molecular formula is C14H17N3O3S2. The van der Waals surface area contributed by atoms with Gasteiger partial charge in [-0.05, 0) is 24.8 Å². The topological polar surface area (TPSA) is 81.2 Å². The van der Waals surface area contributed by atoms with E-state index in [9.17, 15) is 9.59 Å². The minimum atomic E-state index is -0.229. The third-order valence-corrected chi connectivity index (χ3v) is 4.76. The van der Waals surface area contributed by atoms with Crippen LogP contribution in [-0.4, -0.2) is 40.7 Å². The van der Waals surface area contributed by atoms with Crippen molar-refractivity contribution >= 4 is 45.2 Å². The highest BCUT2D eigenvalue weighted by Gasteiger charge is 2.09. The normalized spacial score (nSPS) is 10.6. The van der Waals surface area contributed by atoms with Crippen LogP contribution in [0.4, 0.5) is 0 Å². The minimum Gasteiger partial charge on any atom is -0.466 e. The monoisotopic (exact) mass is 339 g/mol. The predicted octanol–water partition coefficient (Wildman–Crippen LogP) is 2.24. The van der Waals surface area contributed by atoms with Crippen molar-refractivity contribution < 1.29 is 14.3 Å². The van der Waals surface area contributed by atoms with Gasteiger partial charge in [0.25, 0.3) is 0 Å². The van der Waals surface area contributed by atoms with Gasteiger partial charge in [-0.3, -0.25) is 9.59 Å². The number of fused-ring (bicyclic) bond motifs is 1. The highest BCUT2D eigenvalue weighted by atomic mass is 32.2. The number of carbonyl (C=O) groups excluding carboxylic acids is 2. The molecule has 22 heavy (non-hydrogen) atoms. The van der Waals surface area contributed by atoms with Crippen molar-refractivity contribution in [2.24, 2.45) is 0 Å². The molecule has 0 fully saturated rings. The van der Waals surface area contributed by atoms with E-state index in [-0.39, 0.29) is 11.9 Å². The fourth-order valence-electron chi connectivity index (χ4n) is 1.75. The maximum Gasteiger partial charge on any atom is 0.305 e. The van der Waals surface area contributed by atoms with Crippen molar-refractivity contribution in [3.05, 3.63) is 17.8 Å². The summed E-state index contributed by atoms with van der Waals surface area (Å²) in [6, 6.07) is 1.93. The fourth-order valence-corrected chi connectivity index (χ4v) is 3.52. The summed E-state index contributed by atoms with van der Waals surface area (Å²) in [5.74, 6) is -0.00645. The van der Waals surface area contributed by atoms with Crippen molar-refractivity contribution in [3.8, 4) is 0 Å². The van der Waals surface area contributed by atoms with Crippen LogP contribution in [0, 0.1) is 0 Å². The Bertz CT molecular complexity index is 645. The van der Waals surface area contributed by atoms with Gasteiger partial charge in [-0.15, -0.1) is 11.3 Å². The molecule has 2 heterocycles. The van der Waals surface area contributed by atoms with Gasteiger partial charge in [-0.2, -0.15) is 0 Å². The van der Waals surface area contributed by atoms with Crippen molar-refractivity contribution in [3.63, 3.8) is 0 Å². The number of hydrogen-bond acceptors (Lipinski definition) is 7. The molecule has 0 radical (unpaired) electrons. The average Bonchev–Trinajstić information content (AvgIpc) is 2.99. The Morgan fingerprint density at radius 3 is 3.09 bits per heavy atom. The predicted molar refractivity (Wildman–Crippen MR) is 87.0 cm³/mol. The molecule has 0 aliphatic carbocycles. The lowest BCUT2D eigenvalue weighted by Crippen LogP contribution is -2.26. The number of ether oxygens (including phenoxy) is 1. The first-order chi connectivity index (χ1) is 10.7. The smallest absolute Gasteiger partial charge is 0.305 e. The summed E-state index contributed by atoms with van der Waals surface area (Å²) < 4.78 is 5.82. The standard InChI is InChI=1S/C14H17N3O3S2/c1-2-20-12(19)4-3-6-15-11(18)8-22-14-13-10(5-7-21-13)16-9-17-14/h5,7,9H,2-4,6,8H2,1H3,(H,15,18). The van der Waals surface area contributed by atoms with E-state index in [1.54, 1.807) is 18.3 Å². The van der Waals surface area contributed by atoms with Crippen molar-refractivity contribution in [1.82, 2.24) is 15.3 Å². The second-order valence-corrected chi connectivity index (χ2v) is 6.24. The lowest BCUT2D eigenvalue weighted by atomic mass is 10.3. The first-order valence-electron chi connectivity index (χ1n) is 6.94. The summed E-state index contributed by atoms with van der Waals surface area (Å²) in [6.07, 6.45) is 2.41. The van der Waals surface area contributed by atoms with Crippen molar-refractivity contribution in [2.45, 2.75) is 24.8 Å².